The number of nitrogens with zero attached hydrogens (tertiary/aromatic N) is 1. The molecule has 0 aliphatic rings. The molecule has 154 valence electrons. The van der Waals surface area contributed by atoms with Gasteiger partial charge in [0.25, 0.3) is 11.8 Å². The first-order valence-electron chi connectivity index (χ1n) is 8.96. The molecule has 0 saturated carbocycles. The summed E-state index contributed by atoms with van der Waals surface area (Å²) in [4.78, 5) is 29.0. The van der Waals surface area contributed by atoms with Gasteiger partial charge in [0.05, 0.1) is 17.4 Å². The Morgan fingerprint density at radius 2 is 1.57 bits per heavy atom. The quantitative estimate of drug-likeness (QED) is 0.616. The molecular formula is C22H18F3N3O2. The molecule has 1 aromatic heterocycles. The monoisotopic (exact) mass is 413 g/mol. The fraction of sp³-hybridized carbons (Fsp3) is 0.136. The van der Waals surface area contributed by atoms with Crippen molar-refractivity contribution in [1.82, 2.24) is 4.98 Å². The first-order valence-corrected chi connectivity index (χ1v) is 8.96. The van der Waals surface area contributed by atoms with Crippen molar-refractivity contribution in [2.24, 2.45) is 0 Å². The van der Waals surface area contributed by atoms with Crippen LogP contribution in [0.15, 0.2) is 60.9 Å². The van der Waals surface area contributed by atoms with Crippen LogP contribution < -0.4 is 10.6 Å². The van der Waals surface area contributed by atoms with Gasteiger partial charge in [0.2, 0.25) is 0 Å². The van der Waals surface area contributed by atoms with Gasteiger partial charge in [0, 0.05) is 23.0 Å². The largest absolute Gasteiger partial charge is 0.416 e. The van der Waals surface area contributed by atoms with Gasteiger partial charge in [0.1, 0.15) is 0 Å². The van der Waals surface area contributed by atoms with E-state index >= 15 is 0 Å². The summed E-state index contributed by atoms with van der Waals surface area (Å²) in [5.74, 6) is -1.10. The van der Waals surface area contributed by atoms with Gasteiger partial charge in [-0.05, 0) is 61.4 Å². The Labute approximate surface area is 171 Å². The van der Waals surface area contributed by atoms with E-state index in [1.54, 1.807) is 37.4 Å². The lowest BCUT2D eigenvalue weighted by Crippen LogP contribution is -2.17. The zero-order chi connectivity index (χ0) is 21.9. The molecule has 0 spiro atoms. The van der Waals surface area contributed by atoms with Crippen molar-refractivity contribution < 1.29 is 22.8 Å². The number of anilines is 2. The first kappa shape index (κ1) is 21.0. The highest BCUT2D eigenvalue weighted by Gasteiger charge is 2.33. The van der Waals surface area contributed by atoms with E-state index in [1.807, 2.05) is 0 Å². The average Bonchev–Trinajstić information content (AvgIpc) is 2.69. The van der Waals surface area contributed by atoms with Gasteiger partial charge in [-0.25, -0.2) is 0 Å². The molecule has 0 fully saturated rings. The number of pyridine rings is 1. The Hall–Kier alpha value is -3.68. The Morgan fingerprint density at radius 3 is 2.23 bits per heavy atom. The number of hydrogen-bond donors (Lipinski definition) is 2. The van der Waals surface area contributed by atoms with Gasteiger partial charge in [0.15, 0.2) is 0 Å². The topological polar surface area (TPSA) is 71.1 Å². The van der Waals surface area contributed by atoms with Gasteiger partial charge in [-0.3, -0.25) is 14.6 Å². The van der Waals surface area contributed by atoms with Crippen molar-refractivity contribution in [3.63, 3.8) is 0 Å². The van der Waals surface area contributed by atoms with Crippen molar-refractivity contribution >= 4 is 23.2 Å². The minimum Gasteiger partial charge on any atom is -0.322 e. The van der Waals surface area contributed by atoms with Gasteiger partial charge >= 0.3 is 6.18 Å². The molecule has 1 heterocycles. The molecule has 2 amide bonds. The second-order valence-corrected chi connectivity index (χ2v) is 6.71. The summed E-state index contributed by atoms with van der Waals surface area (Å²) in [5.41, 5.74) is 0.821. The molecule has 0 bridgehead atoms. The predicted molar refractivity (Wildman–Crippen MR) is 108 cm³/mol. The summed E-state index contributed by atoms with van der Waals surface area (Å²) < 4.78 is 39.3. The maximum absolute atomic E-state index is 13.1. The number of benzene rings is 2. The molecule has 0 saturated heterocycles. The minimum absolute atomic E-state index is 0.0312. The highest BCUT2D eigenvalue weighted by Crippen LogP contribution is 2.32. The zero-order valence-corrected chi connectivity index (χ0v) is 16.2. The Kier molecular flexibility index (Phi) is 5.86. The fourth-order valence-electron chi connectivity index (χ4n) is 2.85. The number of hydrogen-bond acceptors (Lipinski definition) is 3. The van der Waals surface area contributed by atoms with Crippen LogP contribution in [0.3, 0.4) is 0 Å². The third-order valence-electron chi connectivity index (χ3n) is 4.46. The SMILES string of the molecule is Cc1ccc(NC(=O)c2ccc(C)c(C(F)(F)F)c2)cc1C(=O)Nc1cccnc1. The molecule has 0 radical (unpaired) electrons. The van der Waals surface area contributed by atoms with Crippen LogP contribution in [0.2, 0.25) is 0 Å². The van der Waals surface area contributed by atoms with Crippen molar-refractivity contribution in [2.75, 3.05) is 10.6 Å². The second kappa shape index (κ2) is 8.36. The number of carbonyl (C=O) groups is 2. The van der Waals surface area contributed by atoms with Crippen molar-refractivity contribution in [2.45, 2.75) is 20.0 Å². The number of nitrogens with one attached hydrogen (secondary N) is 2. The average molecular weight is 413 g/mol. The van der Waals surface area contributed by atoms with Gasteiger partial charge in [-0.15, -0.1) is 0 Å². The summed E-state index contributed by atoms with van der Waals surface area (Å²) in [6.07, 6.45) is -1.48. The minimum atomic E-state index is -4.55. The van der Waals surface area contributed by atoms with Crippen molar-refractivity contribution in [3.8, 4) is 0 Å². The van der Waals surface area contributed by atoms with Crippen molar-refractivity contribution in [1.29, 1.82) is 0 Å². The van der Waals surface area contributed by atoms with Crippen LogP contribution in [-0.2, 0) is 6.18 Å². The molecule has 0 aliphatic heterocycles. The molecule has 2 aromatic carbocycles. The standard InChI is InChI=1S/C22H18F3N3O2/c1-13-6-8-16(11-18(13)21(30)28-17-4-3-9-26-12-17)27-20(29)15-7-5-14(2)19(10-15)22(23,24)25/h3-12H,1-2H3,(H,27,29)(H,28,30). The van der Waals surface area contributed by atoms with Crippen LogP contribution in [0.25, 0.3) is 0 Å². The third kappa shape index (κ3) is 4.83. The van der Waals surface area contributed by atoms with Gasteiger partial charge in [-0.2, -0.15) is 13.2 Å². The van der Waals surface area contributed by atoms with Crippen molar-refractivity contribution in [3.05, 3.63) is 88.7 Å². The number of halogens is 3. The lowest BCUT2D eigenvalue weighted by molar-refractivity contribution is -0.138. The Bertz CT molecular complexity index is 1100. The van der Waals surface area contributed by atoms with Gasteiger partial charge in [-0.1, -0.05) is 12.1 Å². The van der Waals surface area contributed by atoms with Crippen LogP contribution in [0.1, 0.15) is 37.4 Å². The van der Waals surface area contributed by atoms with Crippen LogP contribution >= 0.6 is 0 Å². The molecule has 3 rings (SSSR count). The molecule has 0 unspecified atom stereocenters. The third-order valence-corrected chi connectivity index (χ3v) is 4.46. The van der Waals surface area contributed by atoms with E-state index in [0.717, 1.165) is 6.07 Å². The number of aromatic nitrogens is 1. The normalized spacial score (nSPS) is 11.1. The van der Waals surface area contributed by atoms with Crippen LogP contribution in [-0.4, -0.2) is 16.8 Å². The summed E-state index contributed by atoms with van der Waals surface area (Å²) in [7, 11) is 0. The lowest BCUT2D eigenvalue weighted by Gasteiger charge is -2.13. The second-order valence-electron chi connectivity index (χ2n) is 6.71. The molecule has 3 aromatic rings. The zero-order valence-electron chi connectivity index (χ0n) is 16.2. The maximum Gasteiger partial charge on any atom is 0.416 e. The fourth-order valence-corrected chi connectivity index (χ4v) is 2.85. The number of carbonyl (C=O) groups excluding carboxylic acids is 2. The first-order chi connectivity index (χ1) is 14.1. The number of alkyl halides is 3. The summed E-state index contributed by atoms with van der Waals surface area (Å²) in [6, 6.07) is 11.4. The Balaban J connectivity index is 1.81. The van der Waals surface area contributed by atoms with E-state index in [1.165, 1.54) is 31.3 Å². The molecule has 0 aliphatic carbocycles. The van der Waals surface area contributed by atoms with E-state index in [0.29, 0.717) is 16.8 Å². The maximum atomic E-state index is 13.1. The molecule has 8 heteroatoms. The predicted octanol–water partition coefficient (Wildman–Crippen LogP) is 5.22. The summed E-state index contributed by atoms with van der Waals surface area (Å²) in [5, 5.41) is 5.25. The van der Waals surface area contributed by atoms with Crippen LogP contribution in [0, 0.1) is 13.8 Å². The molecule has 5 nitrogen and oxygen atoms in total. The highest BCUT2D eigenvalue weighted by molar-refractivity contribution is 6.08. The van der Waals surface area contributed by atoms with Gasteiger partial charge < -0.3 is 10.6 Å². The molecular weight excluding hydrogens is 395 g/mol. The number of aryl methyl sites for hydroxylation is 2. The van der Waals surface area contributed by atoms with E-state index in [4.69, 9.17) is 0 Å². The smallest absolute Gasteiger partial charge is 0.322 e. The van der Waals surface area contributed by atoms with E-state index in [9.17, 15) is 22.8 Å². The summed E-state index contributed by atoms with van der Waals surface area (Å²) >= 11 is 0. The summed E-state index contributed by atoms with van der Waals surface area (Å²) in [6.45, 7) is 3.07. The van der Waals surface area contributed by atoms with E-state index in [2.05, 4.69) is 15.6 Å². The number of rotatable bonds is 4. The number of amides is 2. The van der Waals surface area contributed by atoms with E-state index in [-0.39, 0.29) is 16.8 Å². The molecule has 30 heavy (non-hydrogen) atoms. The Morgan fingerprint density at radius 1 is 0.867 bits per heavy atom. The highest BCUT2D eigenvalue weighted by atomic mass is 19.4. The van der Waals surface area contributed by atoms with E-state index < -0.39 is 23.6 Å². The molecule has 0 atom stereocenters. The van der Waals surface area contributed by atoms with Crippen LogP contribution in [0.4, 0.5) is 24.5 Å². The lowest BCUT2D eigenvalue weighted by atomic mass is 10.0. The van der Waals surface area contributed by atoms with Crippen LogP contribution in [0.5, 0.6) is 0 Å². The molecule has 2 N–H and O–H groups in total.